The Morgan fingerprint density at radius 1 is 1.29 bits per heavy atom. The number of alkyl halides is 3. The van der Waals surface area contributed by atoms with Gasteiger partial charge >= 0.3 is 5.51 Å². The maximum atomic E-state index is 12.2. The number of thioether (sulfide) groups is 1. The normalized spacial score (nSPS) is 13.0. The maximum Gasteiger partial charge on any atom is 0.446 e. The van der Waals surface area contributed by atoms with E-state index in [9.17, 15) is 13.2 Å². The van der Waals surface area contributed by atoms with Gasteiger partial charge in [-0.15, -0.1) is 12.4 Å². The fourth-order valence-electron chi connectivity index (χ4n) is 1.24. The average Bonchev–Trinajstić information content (AvgIpc) is 2.18. The number of rotatable bonds is 4. The third-order valence-corrected chi connectivity index (χ3v) is 2.76. The van der Waals surface area contributed by atoms with Crippen LogP contribution in [0.3, 0.4) is 0 Å². The van der Waals surface area contributed by atoms with Crippen LogP contribution in [-0.2, 0) is 6.42 Å². The van der Waals surface area contributed by atoms with Crippen molar-refractivity contribution in [2.24, 2.45) is 5.73 Å². The van der Waals surface area contributed by atoms with Crippen molar-refractivity contribution in [2.75, 3.05) is 6.61 Å². The summed E-state index contributed by atoms with van der Waals surface area (Å²) in [7, 11) is 0. The van der Waals surface area contributed by atoms with Crippen LogP contribution in [0.5, 0.6) is 0 Å². The summed E-state index contributed by atoms with van der Waals surface area (Å²) in [5.74, 6) is 0. The molecule has 0 radical (unpaired) electrons. The van der Waals surface area contributed by atoms with Gasteiger partial charge in [0.25, 0.3) is 0 Å². The molecule has 1 rings (SSSR count). The minimum Gasteiger partial charge on any atom is -0.395 e. The van der Waals surface area contributed by atoms with Crippen LogP contribution in [0.15, 0.2) is 29.2 Å². The Morgan fingerprint density at radius 3 is 2.41 bits per heavy atom. The number of aliphatic hydroxyl groups excluding tert-OH is 1. The molecule has 0 spiro atoms. The van der Waals surface area contributed by atoms with E-state index in [0.29, 0.717) is 5.56 Å². The van der Waals surface area contributed by atoms with Crippen LogP contribution in [0.2, 0.25) is 0 Å². The Kier molecular flexibility index (Phi) is 6.92. The lowest BCUT2D eigenvalue weighted by atomic mass is 10.1. The standard InChI is InChI=1S/C10H12F3NOS.ClH/c11-10(12,13)16-9-4-2-1-3-7(9)5-8(14)6-15;/h1-4,8,15H,5-6,14H2;1H. The van der Waals surface area contributed by atoms with Gasteiger partial charge in [-0.05, 0) is 29.8 Å². The molecule has 1 aromatic carbocycles. The van der Waals surface area contributed by atoms with Crippen LogP contribution < -0.4 is 5.73 Å². The van der Waals surface area contributed by atoms with Crippen molar-refractivity contribution in [3.63, 3.8) is 0 Å². The van der Waals surface area contributed by atoms with Gasteiger partial charge in [0.2, 0.25) is 0 Å². The van der Waals surface area contributed by atoms with Crippen molar-refractivity contribution < 1.29 is 18.3 Å². The molecule has 0 aliphatic heterocycles. The molecule has 0 bridgehead atoms. The van der Waals surface area contributed by atoms with E-state index >= 15 is 0 Å². The Labute approximate surface area is 108 Å². The summed E-state index contributed by atoms with van der Waals surface area (Å²) < 4.78 is 36.7. The highest BCUT2D eigenvalue weighted by molar-refractivity contribution is 8.00. The SMILES string of the molecule is Cl.NC(CO)Cc1ccccc1SC(F)(F)F. The second kappa shape index (κ2) is 7.10. The fraction of sp³-hybridized carbons (Fsp3) is 0.400. The van der Waals surface area contributed by atoms with E-state index in [1.54, 1.807) is 18.2 Å². The van der Waals surface area contributed by atoms with Crippen LogP contribution in [-0.4, -0.2) is 23.3 Å². The summed E-state index contributed by atoms with van der Waals surface area (Å²) in [6.07, 6.45) is 0.232. The van der Waals surface area contributed by atoms with Crippen LogP contribution in [0.1, 0.15) is 5.56 Å². The minimum atomic E-state index is -4.31. The first kappa shape index (κ1) is 16.6. The Hall–Kier alpha value is -0.430. The zero-order chi connectivity index (χ0) is 12.2. The van der Waals surface area contributed by atoms with Gasteiger partial charge in [0.05, 0.1) is 6.61 Å². The summed E-state index contributed by atoms with van der Waals surface area (Å²) in [4.78, 5) is 0.138. The molecule has 1 unspecified atom stereocenters. The number of halogens is 4. The van der Waals surface area contributed by atoms with Gasteiger partial charge in [0.15, 0.2) is 0 Å². The number of aliphatic hydroxyl groups is 1. The molecule has 1 aromatic rings. The summed E-state index contributed by atoms with van der Waals surface area (Å²) >= 11 is -0.157. The first-order chi connectivity index (χ1) is 7.42. The molecule has 98 valence electrons. The molecule has 0 amide bonds. The van der Waals surface area contributed by atoms with Crippen molar-refractivity contribution in [3.8, 4) is 0 Å². The van der Waals surface area contributed by atoms with Gasteiger partial charge in [-0.3, -0.25) is 0 Å². The molecule has 0 aromatic heterocycles. The minimum absolute atomic E-state index is 0. The second-order valence-corrected chi connectivity index (χ2v) is 4.41. The van der Waals surface area contributed by atoms with Crippen LogP contribution >= 0.6 is 24.2 Å². The number of hydrogen-bond donors (Lipinski definition) is 2. The quantitative estimate of drug-likeness (QED) is 0.837. The van der Waals surface area contributed by atoms with E-state index in [0.717, 1.165) is 0 Å². The third-order valence-electron chi connectivity index (χ3n) is 1.91. The highest BCUT2D eigenvalue weighted by Crippen LogP contribution is 2.38. The van der Waals surface area contributed by atoms with E-state index in [1.807, 2.05) is 0 Å². The predicted molar refractivity (Wildman–Crippen MR) is 64.4 cm³/mol. The summed E-state index contributed by atoms with van der Waals surface area (Å²) in [5.41, 5.74) is 1.70. The van der Waals surface area contributed by atoms with E-state index in [2.05, 4.69) is 0 Å². The Morgan fingerprint density at radius 2 is 1.88 bits per heavy atom. The van der Waals surface area contributed by atoms with E-state index in [4.69, 9.17) is 10.8 Å². The third kappa shape index (κ3) is 6.16. The number of hydrogen-bond acceptors (Lipinski definition) is 3. The van der Waals surface area contributed by atoms with Crippen LogP contribution in [0, 0.1) is 0 Å². The van der Waals surface area contributed by atoms with Crippen molar-refractivity contribution in [3.05, 3.63) is 29.8 Å². The molecule has 0 heterocycles. The second-order valence-electron chi connectivity index (χ2n) is 3.30. The molecule has 17 heavy (non-hydrogen) atoms. The molecular formula is C10H13ClF3NOS. The molecule has 3 N–H and O–H groups in total. The van der Waals surface area contributed by atoms with Crippen molar-refractivity contribution in [2.45, 2.75) is 22.9 Å². The molecule has 0 saturated carbocycles. The van der Waals surface area contributed by atoms with Crippen molar-refractivity contribution >= 4 is 24.2 Å². The predicted octanol–water partition coefficient (Wildman–Crippen LogP) is 2.58. The lowest BCUT2D eigenvalue weighted by Gasteiger charge is -2.13. The lowest BCUT2D eigenvalue weighted by Crippen LogP contribution is -2.27. The molecule has 0 fully saturated rings. The van der Waals surface area contributed by atoms with Crippen molar-refractivity contribution in [1.29, 1.82) is 0 Å². The summed E-state index contributed by atoms with van der Waals surface area (Å²) in [6, 6.07) is 5.65. The zero-order valence-corrected chi connectivity index (χ0v) is 10.4. The van der Waals surface area contributed by atoms with Gasteiger partial charge in [-0.2, -0.15) is 13.2 Å². The van der Waals surface area contributed by atoms with Gasteiger partial charge in [0.1, 0.15) is 0 Å². The molecule has 0 aliphatic rings. The van der Waals surface area contributed by atoms with Crippen LogP contribution in [0.4, 0.5) is 13.2 Å². The monoisotopic (exact) mass is 287 g/mol. The summed E-state index contributed by atoms with van der Waals surface area (Å²) in [6.45, 7) is -0.245. The Bertz CT molecular complexity index is 349. The van der Waals surface area contributed by atoms with Crippen molar-refractivity contribution in [1.82, 2.24) is 0 Å². The fourth-order valence-corrected chi connectivity index (χ4v) is 1.92. The Balaban J connectivity index is 0.00000256. The molecule has 1 atom stereocenters. The smallest absolute Gasteiger partial charge is 0.395 e. The van der Waals surface area contributed by atoms with Gasteiger partial charge in [-0.1, -0.05) is 18.2 Å². The largest absolute Gasteiger partial charge is 0.446 e. The highest BCUT2D eigenvalue weighted by atomic mass is 35.5. The molecular weight excluding hydrogens is 275 g/mol. The lowest BCUT2D eigenvalue weighted by molar-refractivity contribution is -0.0328. The van der Waals surface area contributed by atoms with Gasteiger partial charge < -0.3 is 10.8 Å². The highest BCUT2D eigenvalue weighted by Gasteiger charge is 2.30. The molecule has 0 aliphatic carbocycles. The molecule has 0 saturated heterocycles. The molecule has 7 heteroatoms. The van der Waals surface area contributed by atoms with Gasteiger partial charge in [0, 0.05) is 10.9 Å². The number of benzene rings is 1. The first-order valence-electron chi connectivity index (χ1n) is 4.62. The maximum absolute atomic E-state index is 12.2. The van der Waals surface area contributed by atoms with E-state index in [1.165, 1.54) is 6.07 Å². The van der Waals surface area contributed by atoms with E-state index < -0.39 is 11.6 Å². The number of nitrogens with two attached hydrogens (primary N) is 1. The molecule has 2 nitrogen and oxygen atoms in total. The topological polar surface area (TPSA) is 46.2 Å². The summed E-state index contributed by atoms with van der Waals surface area (Å²) in [5, 5.41) is 8.77. The van der Waals surface area contributed by atoms with E-state index in [-0.39, 0.29) is 42.1 Å². The van der Waals surface area contributed by atoms with Gasteiger partial charge in [-0.25, -0.2) is 0 Å². The first-order valence-corrected chi connectivity index (χ1v) is 5.44. The average molecular weight is 288 g/mol. The zero-order valence-electron chi connectivity index (χ0n) is 8.78. The van der Waals surface area contributed by atoms with Crippen LogP contribution in [0.25, 0.3) is 0 Å².